The number of aromatic amines is 1. The van der Waals surface area contributed by atoms with E-state index in [1.54, 1.807) is 12.3 Å². The molecule has 0 aliphatic heterocycles. The second-order valence-electron chi connectivity index (χ2n) is 4.31. The molecule has 2 N–H and O–H groups in total. The van der Waals surface area contributed by atoms with E-state index in [1.807, 2.05) is 30.3 Å². The predicted octanol–water partition coefficient (Wildman–Crippen LogP) is 1.38. The van der Waals surface area contributed by atoms with Gasteiger partial charge < -0.3 is 15.0 Å². The summed E-state index contributed by atoms with van der Waals surface area (Å²) in [7, 11) is 1.50. The molecule has 0 aliphatic rings. The predicted molar refractivity (Wildman–Crippen MR) is 75.1 cm³/mol. The van der Waals surface area contributed by atoms with Gasteiger partial charge in [-0.3, -0.25) is 9.59 Å². The highest BCUT2D eigenvalue weighted by Crippen LogP contribution is 2.16. The van der Waals surface area contributed by atoms with Gasteiger partial charge in [-0.05, 0) is 11.1 Å². The van der Waals surface area contributed by atoms with Gasteiger partial charge in [-0.25, -0.2) is 0 Å². The maximum atomic E-state index is 12.1. The third kappa shape index (κ3) is 3.55. The SMILES string of the molecule is CO[C@H](C(=O)NCc1ccc(=O)[nH]c1)c1ccccc1. The highest BCUT2D eigenvalue weighted by molar-refractivity contribution is 5.82. The van der Waals surface area contributed by atoms with E-state index in [4.69, 9.17) is 4.74 Å². The van der Waals surface area contributed by atoms with Crippen LogP contribution in [-0.4, -0.2) is 18.0 Å². The molecular weight excluding hydrogens is 256 g/mol. The third-order valence-electron chi connectivity index (χ3n) is 2.89. The molecule has 0 bridgehead atoms. The second kappa shape index (κ2) is 6.68. The molecule has 1 aromatic carbocycles. The molecule has 2 rings (SSSR count). The van der Waals surface area contributed by atoms with Gasteiger partial charge in [0.1, 0.15) is 0 Å². The number of rotatable bonds is 5. The molecule has 5 nitrogen and oxygen atoms in total. The Morgan fingerprint density at radius 1 is 1.25 bits per heavy atom. The standard InChI is InChI=1S/C15H16N2O3/c1-20-14(12-5-3-2-4-6-12)15(19)17-10-11-7-8-13(18)16-9-11/h2-9,14H,10H2,1H3,(H,16,18)(H,17,19)/t14-/m0/s1. The Morgan fingerprint density at radius 2 is 2.00 bits per heavy atom. The largest absolute Gasteiger partial charge is 0.367 e. The fourth-order valence-electron chi connectivity index (χ4n) is 1.86. The van der Waals surface area contributed by atoms with Gasteiger partial charge in [-0.15, -0.1) is 0 Å². The number of benzene rings is 1. The summed E-state index contributed by atoms with van der Waals surface area (Å²) >= 11 is 0. The first-order valence-corrected chi connectivity index (χ1v) is 6.24. The number of methoxy groups -OCH3 is 1. The molecule has 0 saturated carbocycles. The van der Waals surface area contributed by atoms with Gasteiger partial charge in [0.2, 0.25) is 5.56 Å². The number of carbonyl (C=O) groups is 1. The third-order valence-corrected chi connectivity index (χ3v) is 2.89. The van der Waals surface area contributed by atoms with Gasteiger partial charge in [0.05, 0.1) is 0 Å². The van der Waals surface area contributed by atoms with E-state index in [0.29, 0.717) is 6.54 Å². The Hall–Kier alpha value is -2.40. The van der Waals surface area contributed by atoms with Gasteiger partial charge in [0.25, 0.3) is 5.91 Å². The summed E-state index contributed by atoms with van der Waals surface area (Å²) in [4.78, 5) is 25.6. The van der Waals surface area contributed by atoms with E-state index in [2.05, 4.69) is 10.3 Å². The minimum absolute atomic E-state index is 0.167. The molecule has 0 aliphatic carbocycles. The normalized spacial score (nSPS) is 11.8. The van der Waals surface area contributed by atoms with Crippen LogP contribution in [0.4, 0.5) is 0 Å². The number of hydrogen-bond acceptors (Lipinski definition) is 3. The van der Waals surface area contributed by atoms with Crippen molar-refractivity contribution in [3.8, 4) is 0 Å². The molecule has 104 valence electrons. The average molecular weight is 272 g/mol. The number of amides is 1. The molecule has 1 amide bonds. The number of H-pyrrole nitrogens is 1. The maximum absolute atomic E-state index is 12.1. The molecular formula is C15H16N2O3. The summed E-state index contributed by atoms with van der Waals surface area (Å²) in [6.07, 6.45) is 0.936. The number of pyridine rings is 1. The molecule has 1 aromatic heterocycles. The Balaban J connectivity index is 2.00. The molecule has 0 saturated heterocycles. The monoisotopic (exact) mass is 272 g/mol. The first-order chi connectivity index (χ1) is 9.70. The Kier molecular flexibility index (Phi) is 4.68. The van der Waals surface area contributed by atoms with Crippen LogP contribution < -0.4 is 10.9 Å². The summed E-state index contributed by atoms with van der Waals surface area (Å²) in [5, 5.41) is 2.78. The fraction of sp³-hybridized carbons (Fsp3) is 0.200. The van der Waals surface area contributed by atoms with Gasteiger partial charge in [0, 0.05) is 25.9 Å². The van der Waals surface area contributed by atoms with E-state index >= 15 is 0 Å². The number of nitrogens with one attached hydrogen (secondary N) is 2. The number of aromatic nitrogens is 1. The van der Waals surface area contributed by atoms with Crippen molar-refractivity contribution < 1.29 is 9.53 Å². The van der Waals surface area contributed by atoms with Crippen molar-refractivity contribution >= 4 is 5.91 Å². The fourth-order valence-corrected chi connectivity index (χ4v) is 1.86. The van der Waals surface area contributed by atoms with Crippen LogP contribution in [0, 0.1) is 0 Å². The van der Waals surface area contributed by atoms with Crippen molar-refractivity contribution in [3.05, 3.63) is 70.1 Å². The van der Waals surface area contributed by atoms with E-state index in [9.17, 15) is 9.59 Å². The lowest BCUT2D eigenvalue weighted by molar-refractivity contribution is -0.131. The van der Waals surface area contributed by atoms with Crippen molar-refractivity contribution in [1.82, 2.24) is 10.3 Å². The van der Waals surface area contributed by atoms with Gasteiger partial charge in [-0.2, -0.15) is 0 Å². The minimum Gasteiger partial charge on any atom is -0.367 e. The van der Waals surface area contributed by atoms with E-state index < -0.39 is 6.10 Å². The van der Waals surface area contributed by atoms with Gasteiger partial charge in [0.15, 0.2) is 6.10 Å². The van der Waals surface area contributed by atoms with Crippen LogP contribution in [0.25, 0.3) is 0 Å². The van der Waals surface area contributed by atoms with Crippen LogP contribution >= 0.6 is 0 Å². The van der Waals surface area contributed by atoms with Gasteiger partial charge >= 0.3 is 0 Å². The summed E-state index contributed by atoms with van der Waals surface area (Å²) in [5.74, 6) is -0.218. The Morgan fingerprint density at radius 3 is 2.60 bits per heavy atom. The van der Waals surface area contributed by atoms with Crippen molar-refractivity contribution in [2.75, 3.05) is 7.11 Å². The Bertz CT molecular complexity index is 602. The van der Waals surface area contributed by atoms with Crippen LogP contribution in [0.15, 0.2) is 53.5 Å². The van der Waals surface area contributed by atoms with Crippen molar-refractivity contribution in [1.29, 1.82) is 0 Å². The lowest BCUT2D eigenvalue weighted by Crippen LogP contribution is -2.30. The van der Waals surface area contributed by atoms with Crippen molar-refractivity contribution in [2.45, 2.75) is 12.6 Å². The molecule has 2 aromatic rings. The van der Waals surface area contributed by atoms with Crippen LogP contribution in [0.3, 0.4) is 0 Å². The second-order valence-corrected chi connectivity index (χ2v) is 4.31. The zero-order valence-corrected chi connectivity index (χ0v) is 11.1. The number of ether oxygens (including phenoxy) is 1. The molecule has 0 fully saturated rings. The smallest absolute Gasteiger partial charge is 0.254 e. The van der Waals surface area contributed by atoms with Gasteiger partial charge in [-0.1, -0.05) is 36.4 Å². The molecule has 20 heavy (non-hydrogen) atoms. The summed E-state index contributed by atoms with van der Waals surface area (Å²) in [5.41, 5.74) is 1.45. The molecule has 5 heteroatoms. The number of hydrogen-bond donors (Lipinski definition) is 2. The highest BCUT2D eigenvalue weighted by Gasteiger charge is 2.19. The van der Waals surface area contributed by atoms with Crippen LogP contribution in [0.2, 0.25) is 0 Å². The topological polar surface area (TPSA) is 71.2 Å². The summed E-state index contributed by atoms with van der Waals surface area (Å²) < 4.78 is 5.24. The molecule has 0 spiro atoms. The minimum atomic E-state index is -0.640. The molecule has 0 radical (unpaired) electrons. The summed E-state index contributed by atoms with van der Waals surface area (Å²) in [6, 6.07) is 12.4. The van der Waals surface area contributed by atoms with Crippen LogP contribution in [0.5, 0.6) is 0 Å². The quantitative estimate of drug-likeness (QED) is 0.863. The summed E-state index contributed by atoms with van der Waals surface area (Å²) in [6.45, 7) is 0.336. The van der Waals surface area contributed by atoms with E-state index in [1.165, 1.54) is 13.2 Å². The zero-order chi connectivity index (χ0) is 14.4. The highest BCUT2D eigenvalue weighted by atomic mass is 16.5. The van der Waals surface area contributed by atoms with Crippen LogP contribution in [-0.2, 0) is 16.1 Å². The van der Waals surface area contributed by atoms with E-state index in [0.717, 1.165) is 11.1 Å². The lowest BCUT2D eigenvalue weighted by atomic mass is 10.1. The van der Waals surface area contributed by atoms with Crippen LogP contribution in [0.1, 0.15) is 17.2 Å². The molecule has 1 heterocycles. The molecule has 1 atom stereocenters. The number of carbonyl (C=O) groups excluding carboxylic acids is 1. The first-order valence-electron chi connectivity index (χ1n) is 6.24. The van der Waals surface area contributed by atoms with Crippen molar-refractivity contribution in [2.24, 2.45) is 0 Å². The molecule has 0 unspecified atom stereocenters. The zero-order valence-electron chi connectivity index (χ0n) is 11.1. The lowest BCUT2D eigenvalue weighted by Gasteiger charge is -2.15. The van der Waals surface area contributed by atoms with Crippen molar-refractivity contribution in [3.63, 3.8) is 0 Å². The Labute approximate surface area is 116 Å². The first kappa shape index (κ1) is 14.0. The maximum Gasteiger partial charge on any atom is 0.254 e. The average Bonchev–Trinajstić information content (AvgIpc) is 2.48. The van der Waals surface area contributed by atoms with E-state index in [-0.39, 0.29) is 11.5 Å².